The Morgan fingerprint density at radius 1 is 1.21 bits per heavy atom. The summed E-state index contributed by atoms with van der Waals surface area (Å²) in [5, 5.41) is 0. The van der Waals surface area contributed by atoms with E-state index in [0.29, 0.717) is 6.54 Å². The van der Waals surface area contributed by atoms with Gasteiger partial charge in [-0.3, -0.25) is 0 Å². The van der Waals surface area contributed by atoms with Crippen molar-refractivity contribution in [2.24, 2.45) is 11.1 Å². The quantitative estimate of drug-likeness (QED) is 0.883. The van der Waals surface area contributed by atoms with Gasteiger partial charge in [0.2, 0.25) is 0 Å². The largest absolute Gasteiger partial charge is 0.346 e. The Morgan fingerprint density at radius 2 is 1.89 bits per heavy atom. The Kier molecular flexibility index (Phi) is 3.76. The minimum absolute atomic E-state index is 0.0767. The van der Waals surface area contributed by atoms with E-state index >= 15 is 0 Å². The zero-order chi connectivity index (χ0) is 14.0. The predicted molar refractivity (Wildman–Crippen MR) is 80.0 cm³/mol. The van der Waals surface area contributed by atoms with E-state index in [2.05, 4.69) is 56.9 Å². The molecule has 0 amide bonds. The van der Waals surface area contributed by atoms with Crippen molar-refractivity contribution in [2.45, 2.75) is 34.1 Å². The molecular weight excluding hydrogens is 234 g/mol. The van der Waals surface area contributed by atoms with Gasteiger partial charge in [-0.25, -0.2) is 4.98 Å². The molecule has 1 aromatic heterocycles. The number of imidazole rings is 1. The van der Waals surface area contributed by atoms with Crippen LogP contribution >= 0.6 is 0 Å². The first kappa shape index (κ1) is 13.8. The van der Waals surface area contributed by atoms with E-state index in [9.17, 15) is 0 Å². The number of nitrogens with zero attached hydrogens (tertiary/aromatic N) is 1. The Balaban J connectivity index is 2.35. The fourth-order valence-electron chi connectivity index (χ4n) is 2.23. The van der Waals surface area contributed by atoms with Crippen LogP contribution in [0.25, 0.3) is 11.3 Å². The summed E-state index contributed by atoms with van der Waals surface area (Å²) in [5.74, 6) is 1.02. The normalized spacial score (nSPS) is 11.8. The summed E-state index contributed by atoms with van der Waals surface area (Å²) in [4.78, 5) is 8.16. The maximum Gasteiger partial charge on any atom is 0.107 e. The summed E-state index contributed by atoms with van der Waals surface area (Å²) in [5.41, 5.74) is 10.5. The van der Waals surface area contributed by atoms with Crippen molar-refractivity contribution in [1.29, 1.82) is 0 Å². The molecule has 2 aromatic rings. The van der Waals surface area contributed by atoms with Gasteiger partial charge in [0.25, 0.3) is 0 Å². The standard InChI is InChI=1S/C16H23N3/c1-11-7-5-6-8-13(11)15-12(2)18-14(19-15)9-16(3,4)10-17/h5-8H,9-10,17H2,1-4H3,(H,18,19). The number of hydrogen-bond acceptors (Lipinski definition) is 2. The molecule has 3 nitrogen and oxygen atoms in total. The van der Waals surface area contributed by atoms with E-state index < -0.39 is 0 Å². The second-order valence-corrected chi connectivity index (χ2v) is 6.02. The van der Waals surface area contributed by atoms with Gasteiger partial charge in [0.1, 0.15) is 5.82 Å². The van der Waals surface area contributed by atoms with E-state index in [0.717, 1.165) is 23.6 Å². The van der Waals surface area contributed by atoms with Crippen molar-refractivity contribution in [3.05, 3.63) is 41.3 Å². The number of nitrogens with one attached hydrogen (secondary N) is 1. The van der Waals surface area contributed by atoms with Gasteiger partial charge < -0.3 is 10.7 Å². The molecule has 0 aliphatic carbocycles. The molecule has 0 bridgehead atoms. The third-order valence-corrected chi connectivity index (χ3v) is 3.53. The average Bonchev–Trinajstić information content (AvgIpc) is 2.70. The van der Waals surface area contributed by atoms with Gasteiger partial charge in [-0.15, -0.1) is 0 Å². The minimum atomic E-state index is 0.0767. The maximum atomic E-state index is 5.79. The van der Waals surface area contributed by atoms with E-state index in [-0.39, 0.29) is 5.41 Å². The molecule has 0 atom stereocenters. The number of aromatic amines is 1. The molecule has 3 heteroatoms. The molecular formula is C16H23N3. The number of aromatic nitrogens is 2. The van der Waals surface area contributed by atoms with Crippen LogP contribution in [-0.4, -0.2) is 16.5 Å². The maximum absolute atomic E-state index is 5.79. The van der Waals surface area contributed by atoms with Crippen LogP contribution in [0.5, 0.6) is 0 Å². The molecule has 0 spiro atoms. The highest BCUT2D eigenvalue weighted by molar-refractivity contribution is 5.65. The highest BCUT2D eigenvalue weighted by Gasteiger charge is 2.19. The van der Waals surface area contributed by atoms with Crippen molar-refractivity contribution in [3.63, 3.8) is 0 Å². The molecule has 0 unspecified atom stereocenters. The number of H-pyrrole nitrogens is 1. The Bertz CT molecular complexity index is 567. The molecule has 3 N–H and O–H groups in total. The topological polar surface area (TPSA) is 54.7 Å². The molecule has 1 heterocycles. The summed E-state index contributed by atoms with van der Waals surface area (Å²) < 4.78 is 0. The molecule has 2 rings (SSSR count). The fraction of sp³-hybridized carbons (Fsp3) is 0.438. The van der Waals surface area contributed by atoms with Crippen LogP contribution in [0.3, 0.4) is 0 Å². The molecule has 0 aliphatic rings. The third kappa shape index (κ3) is 3.04. The smallest absolute Gasteiger partial charge is 0.107 e. The summed E-state index contributed by atoms with van der Waals surface area (Å²) in [7, 11) is 0. The van der Waals surface area contributed by atoms with Gasteiger partial charge in [0, 0.05) is 17.7 Å². The zero-order valence-electron chi connectivity index (χ0n) is 12.2. The van der Waals surface area contributed by atoms with Crippen molar-refractivity contribution >= 4 is 0 Å². The first-order chi connectivity index (χ1) is 8.93. The number of nitrogens with two attached hydrogens (primary N) is 1. The second-order valence-electron chi connectivity index (χ2n) is 6.02. The van der Waals surface area contributed by atoms with Gasteiger partial charge in [-0.05, 0) is 31.4 Å². The van der Waals surface area contributed by atoms with Gasteiger partial charge >= 0.3 is 0 Å². The lowest BCUT2D eigenvalue weighted by Crippen LogP contribution is -2.26. The number of rotatable bonds is 4. The van der Waals surface area contributed by atoms with Crippen molar-refractivity contribution < 1.29 is 0 Å². The van der Waals surface area contributed by atoms with Crippen LogP contribution in [-0.2, 0) is 6.42 Å². The molecule has 0 saturated heterocycles. The third-order valence-electron chi connectivity index (χ3n) is 3.53. The number of benzene rings is 1. The van der Waals surface area contributed by atoms with Crippen molar-refractivity contribution in [1.82, 2.24) is 9.97 Å². The van der Waals surface area contributed by atoms with E-state index in [1.54, 1.807) is 0 Å². The zero-order valence-corrected chi connectivity index (χ0v) is 12.2. The number of hydrogen-bond donors (Lipinski definition) is 2. The first-order valence-corrected chi connectivity index (χ1v) is 6.74. The fourth-order valence-corrected chi connectivity index (χ4v) is 2.23. The summed E-state index contributed by atoms with van der Waals surface area (Å²) in [6.07, 6.45) is 0.871. The molecule has 0 radical (unpaired) electrons. The summed E-state index contributed by atoms with van der Waals surface area (Å²) >= 11 is 0. The van der Waals surface area contributed by atoms with Crippen molar-refractivity contribution in [2.75, 3.05) is 6.54 Å². The van der Waals surface area contributed by atoms with E-state index in [4.69, 9.17) is 10.7 Å². The first-order valence-electron chi connectivity index (χ1n) is 6.74. The molecule has 102 valence electrons. The molecule has 0 saturated carbocycles. The van der Waals surface area contributed by atoms with Crippen LogP contribution in [0.1, 0.15) is 30.9 Å². The van der Waals surface area contributed by atoms with E-state index in [1.165, 1.54) is 11.1 Å². The minimum Gasteiger partial charge on any atom is -0.346 e. The van der Waals surface area contributed by atoms with Crippen molar-refractivity contribution in [3.8, 4) is 11.3 Å². The van der Waals surface area contributed by atoms with Crippen LogP contribution in [0.4, 0.5) is 0 Å². The lowest BCUT2D eigenvalue weighted by atomic mass is 9.89. The lowest BCUT2D eigenvalue weighted by molar-refractivity contribution is 0.369. The molecule has 0 fully saturated rings. The molecule has 19 heavy (non-hydrogen) atoms. The average molecular weight is 257 g/mol. The van der Waals surface area contributed by atoms with Crippen LogP contribution in [0.15, 0.2) is 24.3 Å². The van der Waals surface area contributed by atoms with E-state index in [1.807, 2.05) is 0 Å². The second kappa shape index (κ2) is 5.17. The Morgan fingerprint density at radius 3 is 2.53 bits per heavy atom. The van der Waals surface area contributed by atoms with Gasteiger partial charge in [-0.2, -0.15) is 0 Å². The van der Waals surface area contributed by atoms with Crippen LogP contribution < -0.4 is 5.73 Å². The highest BCUT2D eigenvalue weighted by Crippen LogP contribution is 2.26. The highest BCUT2D eigenvalue weighted by atomic mass is 14.9. The Labute approximate surface area is 115 Å². The lowest BCUT2D eigenvalue weighted by Gasteiger charge is -2.20. The van der Waals surface area contributed by atoms with Crippen LogP contribution in [0.2, 0.25) is 0 Å². The monoisotopic (exact) mass is 257 g/mol. The Hall–Kier alpha value is -1.61. The molecule has 0 aliphatic heterocycles. The summed E-state index contributed by atoms with van der Waals surface area (Å²) in [6.45, 7) is 9.18. The predicted octanol–water partition coefficient (Wildman–Crippen LogP) is 3.22. The van der Waals surface area contributed by atoms with Crippen LogP contribution in [0, 0.1) is 19.3 Å². The number of aryl methyl sites for hydroxylation is 2. The SMILES string of the molecule is Cc1ccccc1-c1nc(CC(C)(C)CN)[nH]c1C. The summed E-state index contributed by atoms with van der Waals surface area (Å²) in [6, 6.07) is 8.35. The van der Waals surface area contributed by atoms with Gasteiger partial charge in [0.05, 0.1) is 5.69 Å². The van der Waals surface area contributed by atoms with Gasteiger partial charge in [0.15, 0.2) is 0 Å². The molecule has 1 aromatic carbocycles. The van der Waals surface area contributed by atoms with Gasteiger partial charge in [-0.1, -0.05) is 38.1 Å².